The van der Waals surface area contributed by atoms with E-state index in [1.54, 1.807) is 19.1 Å². The van der Waals surface area contributed by atoms with Crippen molar-refractivity contribution in [2.75, 3.05) is 0 Å². The van der Waals surface area contributed by atoms with Gasteiger partial charge in [-0.3, -0.25) is 4.79 Å². The Morgan fingerprint density at radius 1 is 1.47 bits per heavy atom. The number of fused-ring (bicyclic) bond motifs is 1. The van der Waals surface area contributed by atoms with Crippen molar-refractivity contribution in [1.29, 1.82) is 0 Å². The molecule has 0 spiro atoms. The maximum Gasteiger partial charge on any atom is 0.310 e. The molecule has 90 valence electrons. The molecule has 0 radical (unpaired) electrons. The summed E-state index contributed by atoms with van der Waals surface area (Å²) in [6.07, 6.45) is 1.85. The normalized spacial score (nSPS) is 12.8. The van der Waals surface area contributed by atoms with Crippen LogP contribution in [0.5, 0.6) is 5.75 Å². The average Bonchev–Trinajstić information content (AvgIpc) is 2.65. The molecule has 0 saturated heterocycles. The van der Waals surface area contributed by atoms with E-state index < -0.39 is 11.9 Å². The Morgan fingerprint density at radius 3 is 2.76 bits per heavy atom. The summed E-state index contributed by atoms with van der Waals surface area (Å²) < 4.78 is 1.99. The monoisotopic (exact) mass is 233 g/mol. The number of carbonyl (C=O) groups is 1. The second kappa shape index (κ2) is 4.13. The molecule has 2 aromatic rings. The predicted molar refractivity (Wildman–Crippen MR) is 65.3 cm³/mol. The van der Waals surface area contributed by atoms with Crippen LogP contribution in [-0.4, -0.2) is 20.7 Å². The number of rotatable bonds is 3. The summed E-state index contributed by atoms with van der Waals surface area (Å²) in [4.78, 5) is 11.1. The van der Waals surface area contributed by atoms with Crippen molar-refractivity contribution < 1.29 is 15.0 Å². The first-order valence-corrected chi connectivity index (χ1v) is 5.59. The molecule has 0 amide bonds. The number of nitrogens with zero attached hydrogens (tertiary/aromatic N) is 1. The Hall–Kier alpha value is -1.97. The van der Waals surface area contributed by atoms with Gasteiger partial charge in [-0.25, -0.2) is 0 Å². The van der Waals surface area contributed by atoms with E-state index in [0.29, 0.717) is 0 Å². The summed E-state index contributed by atoms with van der Waals surface area (Å²) in [5.74, 6) is -1.28. The molecule has 1 atom stereocenters. The first kappa shape index (κ1) is 11.5. The fourth-order valence-electron chi connectivity index (χ4n) is 2.05. The largest absolute Gasteiger partial charge is 0.508 e. The van der Waals surface area contributed by atoms with E-state index >= 15 is 0 Å². The fraction of sp³-hybridized carbons (Fsp3) is 0.308. The number of phenols is 1. The smallest absolute Gasteiger partial charge is 0.310 e. The number of aromatic nitrogens is 1. The highest BCUT2D eigenvalue weighted by molar-refractivity contribution is 5.90. The van der Waals surface area contributed by atoms with Crippen LogP contribution < -0.4 is 0 Å². The van der Waals surface area contributed by atoms with E-state index in [1.807, 2.05) is 23.8 Å². The van der Waals surface area contributed by atoms with Gasteiger partial charge < -0.3 is 14.8 Å². The summed E-state index contributed by atoms with van der Waals surface area (Å²) in [7, 11) is 0. The number of aromatic hydroxyl groups is 1. The van der Waals surface area contributed by atoms with Gasteiger partial charge in [-0.05, 0) is 37.6 Å². The average molecular weight is 233 g/mol. The molecular formula is C13H15NO3. The van der Waals surface area contributed by atoms with Crippen LogP contribution in [0.25, 0.3) is 10.9 Å². The SMILES string of the molecule is CCn1cc(C(C)C(=O)O)c2cc(O)ccc21. The molecule has 4 nitrogen and oxygen atoms in total. The van der Waals surface area contributed by atoms with Crippen molar-refractivity contribution in [2.45, 2.75) is 26.3 Å². The van der Waals surface area contributed by atoms with Gasteiger partial charge in [0.25, 0.3) is 0 Å². The molecule has 1 aromatic carbocycles. The van der Waals surface area contributed by atoms with Crippen molar-refractivity contribution >= 4 is 16.9 Å². The number of hydrogen-bond acceptors (Lipinski definition) is 2. The number of benzene rings is 1. The molecule has 0 aliphatic rings. The number of aliphatic carboxylic acids is 1. The van der Waals surface area contributed by atoms with Gasteiger partial charge in [0.2, 0.25) is 0 Å². The van der Waals surface area contributed by atoms with Crippen LogP contribution in [0.4, 0.5) is 0 Å². The van der Waals surface area contributed by atoms with E-state index in [2.05, 4.69) is 0 Å². The zero-order chi connectivity index (χ0) is 12.6. The molecule has 1 aromatic heterocycles. The van der Waals surface area contributed by atoms with Crippen LogP contribution in [0.1, 0.15) is 25.3 Å². The highest BCUT2D eigenvalue weighted by Gasteiger charge is 2.19. The summed E-state index contributed by atoms with van der Waals surface area (Å²) >= 11 is 0. The molecule has 2 rings (SSSR count). The Bertz CT molecular complexity index is 571. The van der Waals surface area contributed by atoms with Crippen LogP contribution in [0.2, 0.25) is 0 Å². The maximum atomic E-state index is 11.1. The van der Waals surface area contributed by atoms with Crippen LogP contribution in [0.3, 0.4) is 0 Å². The third kappa shape index (κ3) is 1.86. The van der Waals surface area contributed by atoms with Crippen LogP contribution in [0, 0.1) is 0 Å². The Balaban J connectivity index is 2.70. The third-order valence-corrected chi connectivity index (χ3v) is 3.07. The molecule has 1 unspecified atom stereocenters. The Labute approximate surface area is 99.1 Å². The zero-order valence-corrected chi connectivity index (χ0v) is 9.84. The summed E-state index contributed by atoms with van der Waals surface area (Å²) in [6.45, 7) is 4.43. The summed E-state index contributed by atoms with van der Waals surface area (Å²) in [6, 6.07) is 5.05. The van der Waals surface area contributed by atoms with Crippen LogP contribution in [0.15, 0.2) is 24.4 Å². The second-order valence-corrected chi connectivity index (χ2v) is 4.13. The molecule has 0 bridgehead atoms. The van der Waals surface area contributed by atoms with Crippen molar-refractivity contribution in [3.63, 3.8) is 0 Å². The third-order valence-electron chi connectivity index (χ3n) is 3.07. The number of hydrogen-bond donors (Lipinski definition) is 2. The molecule has 17 heavy (non-hydrogen) atoms. The topological polar surface area (TPSA) is 62.5 Å². The lowest BCUT2D eigenvalue weighted by Gasteiger charge is -2.04. The lowest BCUT2D eigenvalue weighted by atomic mass is 10.0. The Morgan fingerprint density at radius 2 is 2.18 bits per heavy atom. The molecule has 0 aliphatic heterocycles. The van der Waals surface area contributed by atoms with Gasteiger partial charge >= 0.3 is 5.97 Å². The standard InChI is InChI=1S/C13H15NO3/c1-3-14-7-11(8(2)13(16)17)10-6-9(15)4-5-12(10)14/h4-8,15H,3H2,1-2H3,(H,16,17). The van der Waals surface area contributed by atoms with Gasteiger partial charge in [0, 0.05) is 23.6 Å². The quantitative estimate of drug-likeness (QED) is 0.856. The lowest BCUT2D eigenvalue weighted by molar-refractivity contribution is -0.138. The van der Waals surface area contributed by atoms with Crippen LogP contribution in [-0.2, 0) is 11.3 Å². The van der Waals surface area contributed by atoms with Crippen molar-refractivity contribution in [3.8, 4) is 5.75 Å². The predicted octanol–water partition coefficient (Wildman–Crippen LogP) is 2.55. The zero-order valence-electron chi connectivity index (χ0n) is 9.84. The van der Waals surface area contributed by atoms with E-state index in [4.69, 9.17) is 5.11 Å². The fourth-order valence-corrected chi connectivity index (χ4v) is 2.05. The van der Waals surface area contributed by atoms with Crippen molar-refractivity contribution in [1.82, 2.24) is 4.57 Å². The molecule has 0 aliphatic carbocycles. The summed E-state index contributed by atoms with van der Waals surface area (Å²) in [5, 5.41) is 19.4. The first-order valence-electron chi connectivity index (χ1n) is 5.59. The van der Waals surface area contributed by atoms with Gasteiger partial charge in [0.15, 0.2) is 0 Å². The number of aryl methyl sites for hydroxylation is 1. The second-order valence-electron chi connectivity index (χ2n) is 4.13. The Kier molecular flexibility index (Phi) is 2.79. The summed E-state index contributed by atoms with van der Waals surface area (Å²) in [5.41, 5.74) is 1.69. The van der Waals surface area contributed by atoms with Gasteiger partial charge in [-0.2, -0.15) is 0 Å². The van der Waals surface area contributed by atoms with Crippen LogP contribution >= 0.6 is 0 Å². The van der Waals surface area contributed by atoms with Crippen molar-refractivity contribution in [2.24, 2.45) is 0 Å². The number of phenolic OH excluding ortho intramolecular Hbond substituents is 1. The van der Waals surface area contributed by atoms with E-state index in [0.717, 1.165) is 23.0 Å². The van der Waals surface area contributed by atoms with E-state index in [-0.39, 0.29) is 5.75 Å². The van der Waals surface area contributed by atoms with Gasteiger partial charge in [0.1, 0.15) is 5.75 Å². The minimum absolute atomic E-state index is 0.158. The molecule has 1 heterocycles. The molecule has 4 heteroatoms. The van der Waals surface area contributed by atoms with Gasteiger partial charge in [-0.15, -0.1) is 0 Å². The first-order chi connectivity index (χ1) is 8.04. The minimum atomic E-state index is -0.858. The van der Waals surface area contributed by atoms with Gasteiger partial charge in [0.05, 0.1) is 5.92 Å². The molecule has 2 N–H and O–H groups in total. The highest BCUT2D eigenvalue weighted by atomic mass is 16.4. The molecule has 0 saturated carbocycles. The highest BCUT2D eigenvalue weighted by Crippen LogP contribution is 2.30. The van der Waals surface area contributed by atoms with Crippen molar-refractivity contribution in [3.05, 3.63) is 30.0 Å². The van der Waals surface area contributed by atoms with Gasteiger partial charge in [-0.1, -0.05) is 0 Å². The van der Waals surface area contributed by atoms with E-state index in [9.17, 15) is 9.90 Å². The maximum absolute atomic E-state index is 11.1. The number of carboxylic acid groups (broad SMARTS) is 1. The molecule has 0 fully saturated rings. The molecular weight excluding hydrogens is 218 g/mol. The number of carboxylic acids is 1. The lowest BCUT2D eigenvalue weighted by Crippen LogP contribution is -2.06. The van der Waals surface area contributed by atoms with E-state index in [1.165, 1.54) is 0 Å². The minimum Gasteiger partial charge on any atom is -0.508 e.